The summed E-state index contributed by atoms with van der Waals surface area (Å²) in [4.78, 5) is 15.0. The van der Waals surface area contributed by atoms with Gasteiger partial charge in [-0.3, -0.25) is 0 Å². The molecular weight excluding hydrogens is 311 g/mol. The molecule has 0 aliphatic carbocycles. The molecule has 0 aromatic heterocycles. The van der Waals surface area contributed by atoms with Crippen LogP contribution in [0.3, 0.4) is 0 Å². The van der Waals surface area contributed by atoms with E-state index in [1.807, 2.05) is 4.90 Å². The smallest absolute Gasteiger partial charge is 0.335 e. The highest BCUT2D eigenvalue weighted by Crippen LogP contribution is 2.34. The lowest BCUT2D eigenvalue weighted by Gasteiger charge is -2.36. The minimum atomic E-state index is -0.966. The number of aliphatic hydroxyl groups excluding tert-OH is 1. The van der Waals surface area contributed by atoms with E-state index in [9.17, 15) is 14.3 Å². The first-order valence-electron chi connectivity index (χ1n) is 8.12. The van der Waals surface area contributed by atoms with Crippen molar-refractivity contribution in [3.63, 3.8) is 0 Å². The number of carboxylic acid groups (broad SMARTS) is 1. The predicted molar refractivity (Wildman–Crippen MR) is 90.6 cm³/mol. The maximum absolute atomic E-state index is 13.8. The third-order valence-corrected chi connectivity index (χ3v) is 4.55. The molecule has 128 valence electrons. The summed E-state index contributed by atoms with van der Waals surface area (Å²) < 4.78 is 13.8. The lowest BCUT2D eigenvalue weighted by Crippen LogP contribution is -2.37. The van der Waals surface area contributed by atoms with Gasteiger partial charge in [-0.05, 0) is 43.0 Å². The van der Waals surface area contributed by atoms with Crippen molar-refractivity contribution in [3.05, 3.63) is 47.9 Å². The number of carboxylic acids is 1. The second-order valence-electron chi connectivity index (χ2n) is 6.20. The fourth-order valence-electron chi connectivity index (χ4n) is 3.26. The molecule has 2 aliphatic rings. The van der Waals surface area contributed by atoms with E-state index in [1.54, 1.807) is 18.3 Å². The standard InChI is InChI=1S/C18H21FN2O3/c19-15-3-4-16(21-7-1-2-13(11-21)12-22)17(10-15)20-8-5-14(6-9-20)18(23)24/h3-6,8,10,13,22H,1-2,7,9,11-12H2,(H,23,24). The van der Waals surface area contributed by atoms with Gasteiger partial charge in [0.15, 0.2) is 0 Å². The molecule has 1 fully saturated rings. The zero-order valence-electron chi connectivity index (χ0n) is 13.4. The van der Waals surface area contributed by atoms with E-state index in [0.29, 0.717) is 12.2 Å². The summed E-state index contributed by atoms with van der Waals surface area (Å²) in [7, 11) is 0. The van der Waals surface area contributed by atoms with Crippen molar-refractivity contribution in [2.24, 2.45) is 5.92 Å². The Bertz CT molecular complexity index is 687. The zero-order valence-corrected chi connectivity index (χ0v) is 13.4. The number of benzene rings is 1. The number of halogens is 1. The average molecular weight is 332 g/mol. The van der Waals surface area contributed by atoms with Crippen molar-refractivity contribution in [3.8, 4) is 0 Å². The molecule has 1 saturated heterocycles. The molecule has 0 radical (unpaired) electrons. The van der Waals surface area contributed by atoms with Gasteiger partial charge >= 0.3 is 5.97 Å². The Kier molecular flexibility index (Phi) is 4.85. The molecule has 0 saturated carbocycles. The largest absolute Gasteiger partial charge is 0.478 e. The second-order valence-corrected chi connectivity index (χ2v) is 6.20. The van der Waals surface area contributed by atoms with Crippen LogP contribution in [-0.4, -0.2) is 42.4 Å². The Hall–Kier alpha value is -2.34. The van der Waals surface area contributed by atoms with Gasteiger partial charge in [-0.2, -0.15) is 0 Å². The van der Waals surface area contributed by atoms with Gasteiger partial charge in [-0.1, -0.05) is 6.08 Å². The van der Waals surface area contributed by atoms with E-state index in [-0.39, 0.29) is 23.9 Å². The Labute approximate surface area is 140 Å². The molecule has 6 heteroatoms. The molecule has 1 unspecified atom stereocenters. The van der Waals surface area contributed by atoms with Gasteiger partial charge < -0.3 is 20.0 Å². The maximum atomic E-state index is 13.8. The Balaban J connectivity index is 1.87. The maximum Gasteiger partial charge on any atom is 0.335 e. The normalized spacial score (nSPS) is 20.9. The van der Waals surface area contributed by atoms with Gasteiger partial charge in [0.05, 0.1) is 16.9 Å². The second kappa shape index (κ2) is 7.05. The van der Waals surface area contributed by atoms with Crippen LogP contribution >= 0.6 is 0 Å². The van der Waals surface area contributed by atoms with Crippen molar-refractivity contribution in [1.29, 1.82) is 0 Å². The summed E-state index contributed by atoms with van der Waals surface area (Å²) in [6, 6.07) is 4.67. The third kappa shape index (κ3) is 3.43. The van der Waals surface area contributed by atoms with Crippen LogP contribution in [-0.2, 0) is 4.79 Å². The van der Waals surface area contributed by atoms with Crippen molar-refractivity contribution >= 4 is 17.3 Å². The summed E-state index contributed by atoms with van der Waals surface area (Å²) in [6.07, 6.45) is 6.80. The van der Waals surface area contributed by atoms with Gasteiger partial charge in [-0.25, -0.2) is 9.18 Å². The fourth-order valence-corrected chi connectivity index (χ4v) is 3.26. The van der Waals surface area contributed by atoms with Crippen LogP contribution in [0, 0.1) is 11.7 Å². The lowest BCUT2D eigenvalue weighted by molar-refractivity contribution is -0.132. The van der Waals surface area contributed by atoms with Gasteiger partial charge in [-0.15, -0.1) is 0 Å². The summed E-state index contributed by atoms with van der Waals surface area (Å²) in [6.45, 7) is 2.14. The van der Waals surface area contributed by atoms with Gasteiger partial charge in [0.1, 0.15) is 5.82 Å². The van der Waals surface area contributed by atoms with E-state index in [2.05, 4.69) is 4.90 Å². The minimum absolute atomic E-state index is 0.154. The summed E-state index contributed by atoms with van der Waals surface area (Å²) in [5, 5.41) is 18.5. The molecule has 2 aliphatic heterocycles. The van der Waals surface area contributed by atoms with Crippen LogP contribution in [0.2, 0.25) is 0 Å². The predicted octanol–water partition coefficient (Wildman–Crippen LogP) is 2.38. The molecule has 1 atom stereocenters. The van der Waals surface area contributed by atoms with Crippen molar-refractivity contribution in [2.45, 2.75) is 12.8 Å². The molecule has 2 N–H and O–H groups in total. The van der Waals surface area contributed by atoms with Crippen LogP contribution in [0.5, 0.6) is 0 Å². The Morgan fingerprint density at radius 2 is 2.17 bits per heavy atom. The van der Waals surface area contributed by atoms with Gasteiger partial charge in [0, 0.05) is 32.4 Å². The molecule has 0 amide bonds. The highest BCUT2D eigenvalue weighted by Gasteiger charge is 2.23. The van der Waals surface area contributed by atoms with E-state index in [0.717, 1.165) is 31.6 Å². The molecule has 0 spiro atoms. The number of carbonyl (C=O) groups is 1. The number of rotatable bonds is 4. The number of aliphatic hydroxyl groups is 1. The van der Waals surface area contributed by atoms with Crippen LogP contribution in [0.4, 0.5) is 15.8 Å². The van der Waals surface area contributed by atoms with Crippen LogP contribution < -0.4 is 9.80 Å². The number of anilines is 2. The highest BCUT2D eigenvalue weighted by atomic mass is 19.1. The average Bonchev–Trinajstić information content (AvgIpc) is 2.61. The summed E-state index contributed by atoms with van der Waals surface area (Å²) in [5.74, 6) is -1.06. The van der Waals surface area contributed by atoms with E-state index in [4.69, 9.17) is 5.11 Å². The molecule has 5 nitrogen and oxygen atoms in total. The van der Waals surface area contributed by atoms with E-state index < -0.39 is 5.97 Å². The van der Waals surface area contributed by atoms with Gasteiger partial charge in [0.25, 0.3) is 0 Å². The number of hydrogen-bond donors (Lipinski definition) is 2. The van der Waals surface area contributed by atoms with E-state index in [1.165, 1.54) is 18.2 Å². The van der Waals surface area contributed by atoms with Gasteiger partial charge in [0.2, 0.25) is 0 Å². The van der Waals surface area contributed by atoms with Crippen LogP contribution in [0.1, 0.15) is 12.8 Å². The quantitative estimate of drug-likeness (QED) is 0.886. The molecule has 3 rings (SSSR count). The van der Waals surface area contributed by atoms with Crippen molar-refractivity contribution in [1.82, 2.24) is 0 Å². The SMILES string of the molecule is O=C(O)C1=CCN(c2cc(F)ccc2N2CCCC(CO)C2)C=C1. The number of piperidine rings is 1. The zero-order chi connectivity index (χ0) is 17.1. The molecule has 0 bridgehead atoms. The number of hydrogen-bond acceptors (Lipinski definition) is 4. The molecule has 1 aromatic carbocycles. The number of aliphatic carboxylic acids is 1. The first-order valence-corrected chi connectivity index (χ1v) is 8.12. The molecular formula is C18H21FN2O3. The highest BCUT2D eigenvalue weighted by molar-refractivity contribution is 5.90. The first kappa shape index (κ1) is 16.5. The molecule has 24 heavy (non-hydrogen) atoms. The Morgan fingerprint density at radius 3 is 2.83 bits per heavy atom. The topological polar surface area (TPSA) is 64.0 Å². The first-order chi connectivity index (χ1) is 11.6. The number of nitrogens with zero attached hydrogens (tertiary/aromatic N) is 2. The molecule has 1 aromatic rings. The monoisotopic (exact) mass is 332 g/mol. The molecule has 2 heterocycles. The summed E-state index contributed by atoms with van der Waals surface area (Å²) >= 11 is 0. The summed E-state index contributed by atoms with van der Waals surface area (Å²) in [5.41, 5.74) is 1.86. The third-order valence-electron chi connectivity index (χ3n) is 4.55. The van der Waals surface area contributed by atoms with Crippen molar-refractivity contribution < 1.29 is 19.4 Å². The minimum Gasteiger partial charge on any atom is -0.478 e. The van der Waals surface area contributed by atoms with Crippen molar-refractivity contribution in [2.75, 3.05) is 36.0 Å². The fraction of sp³-hybridized carbons (Fsp3) is 0.389. The van der Waals surface area contributed by atoms with Crippen LogP contribution in [0.15, 0.2) is 42.1 Å². The van der Waals surface area contributed by atoms with Crippen LogP contribution in [0.25, 0.3) is 0 Å². The lowest BCUT2D eigenvalue weighted by atomic mass is 9.98. The van der Waals surface area contributed by atoms with E-state index >= 15 is 0 Å². The Morgan fingerprint density at radius 1 is 1.33 bits per heavy atom.